The number of rotatable bonds is 3. The molecule has 0 aromatic heterocycles. The van der Waals surface area contributed by atoms with Crippen molar-refractivity contribution in [1.29, 1.82) is 0 Å². The van der Waals surface area contributed by atoms with Gasteiger partial charge in [0.2, 0.25) is 0 Å². The van der Waals surface area contributed by atoms with Crippen LogP contribution in [0.15, 0.2) is 147 Å². The third-order valence-corrected chi connectivity index (χ3v) is 10.5. The molecule has 0 unspecified atom stereocenters. The maximum atomic E-state index is 6.57. The smallest absolute Gasteiger partial charge is 0.132 e. The Kier molecular flexibility index (Phi) is 5.93. The lowest BCUT2D eigenvalue weighted by atomic mass is 9.66. The molecule has 1 aliphatic carbocycles. The number of thioether (sulfide) groups is 1. The van der Waals surface area contributed by atoms with E-state index in [0.717, 1.165) is 60.5 Å². The number of hydrogen-bond donors (Lipinski definition) is 0. The Bertz CT molecular complexity index is 2260. The van der Waals surface area contributed by atoms with Crippen molar-refractivity contribution in [3.63, 3.8) is 0 Å². The molecule has 2 heterocycles. The van der Waals surface area contributed by atoms with E-state index in [1.807, 2.05) is 18.2 Å². The lowest BCUT2D eigenvalue weighted by Crippen LogP contribution is -2.32. The Morgan fingerprint density at radius 3 is 2.07 bits per heavy atom. The molecule has 6 aromatic carbocycles. The van der Waals surface area contributed by atoms with E-state index in [9.17, 15) is 0 Å². The van der Waals surface area contributed by atoms with Crippen LogP contribution in [0, 0.1) is 0 Å². The SMILES string of the molecule is C=N/C(=C1/Sc2ccccc2C1=NCCl)c1cccc2c1-c1cc3ccccc3cc1C21c2ccccc2Oc2ccccc21. The molecule has 0 amide bonds. The number of alkyl halides is 1. The van der Waals surface area contributed by atoms with E-state index in [-0.39, 0.29) is 6.00 Å². The van der Waals surface area contributed by atoms with Gasteiger partial charge in [0.05, 0.1) is 21.7 Å². The first kappa shape index (κ1) is 26.5. The van der Waals surface area contributed by atoms with E-state index in [4.69, 9.17) is 26.3 Å². The summed E-state index contributed by atoms with van der Waals surface area (Å²) in [6.45, 7) is 4.12. The topological polar surface area (TPSA) is 34.0 Å². The van der Waals surface area contributed by atoms with Crippen LogP contribution in [0.5, 0.6) is 11.5 Å². The van der Waals surface area contributed by atoms with Crippen LogP contribution in [-0.4, -0.2) is 18.4 Å². The molecule has 0 N–H and O–H groups in total. The number of para-hydroxylation sites is 2. The highest BCUT2D eigenvalue weighted by Gasteiger charge is 2.52. The molecule has 1 spiro atoms. The molecule has 0 fully saturated rings. The molecular weight excluding hydrogens is 592 g/mol. The van der Waals surface area contributed by atoms with Gasteiger partial charge in [-0.15, -0.1) is 11.6 Å². The van der Waals surface area contributed by atoms with E-state index in [1.54, 1.807) is 11.8 Å². The standard InChI is InChI=1S/C40H25ClN2OS/c1-42-37(39-38(43-23-41)26-13-4-9-20-35(26)45-39)27-14-10-17-31-36(27)28-21-24-11-2-3-12-25(24)22-32(28)40(31)29-15-5-7-18-33(29)44-34-19-8-6-16-30(34)40/h2-22H,1,23H2/b39-37+,43-38?. The average molecular weight is 617 g/mol. The van der Waals surface area contributed by atoms with Crippen LogP contribution in [0.2, 0.25) is 0 Å². The second-order valence-corrected chi connectivity index (χ2v) is 12.7. The summed E-state index contributed by atoms with van der Waals surface area (Å²) in [5.74, 6) is 1.74. The van der Waals surface area contributed by atoms with Crippen LogP contribution in [0.25, 0.3) is 27.6 Å². The van der Waals surface area contributed by atoms with E-state index in [0.29, 0.717) is 0 Å². The van der Waals surface area contributed by atoms with Crippen molar-refractivity contribution < 1.29 is 4.74 Å². The maximum absolute atomic E-state index is 6.57. The second-order valence-electron chi connectivity index (χ2n) is 11.4. The van der Waals surface area contributed by atoms with E-state index < -0.39 is 5.41 Å². The highest BCUT2D eigenvalue weighted by atomic mass is 35.5. The van der Waals surface area contributed by atoms with Gasteiger partial charge >= 0.3 is 0 Å². The van der Waals surface area contributed by atoms with Gasteiger partial charge in [0.15, 0.2) is 0 Å². The van der Waals surface area contributed by atoms with Crippen molar-refractivity contribution in [2.24, 2.45) is 9.98 Å². The number of nitrogens with zero attached hydrogens (tertiary/aromatic N) is 2. The van der Waals surface area contributed by atoms with Crippen LogP contribution in [0.3, 0.4) is 0 Å². The summed E-state index contributed by atoms with van der Waals surface area (Å²) in [6.07, 6.45) is 0. The molecule has 0 atom stereocenters. The fraction of sp³-hybridized carbons (Fsp3) is 0.0500. The van der Waals surface area contributed by atoms with Crippen molar-refractivity contribution in [1.82, 2.24) is 0 Å². The number of aliphatic imine (C=N–C) groups is 2. The zero-order valence-corrected chi connectivity index (χ0v) is 25.7. The largest absolute Gasteiger partial charge is 0.457 e. The predicted molar refractivity (Wildman–Crippen MR) is 187 cm³/mol. The Morgan fingerprint density at radius 2 is 1.33 bits per heavy atom. The Hall–Kier alpha value is -4.90. The van der Waals surface area contributed by atoms with E-state index in [1.165, 1.54) is 27.5 Å². The van der Waals surface area contributed by atoms with Gasteiger partial charge in [0.25, 0.3) is 0 Å². The molecule has 214 valence electrons. The molecule has 3 nitrogen and oxygen atoms in total. The molecule has 0 saturated heterocycles. The van der Waals surface area contributed by atoms with E-state index in [2.05, 4.69) is 116 Å². The molecule has 5 heteroatoms. The van der Waals surface area contributed by atoms with Crippen LogP contribution >= 0.6 is 23.4 Å². The summed E-state index contributed by atoms with van der Waals surface area (Å²) in [7, 11) is 0. The minimum Gasteiger partial charge on any atom is -0.457 e. The number of fused-ring (bicyclic) bond motifs is 11. The van der Waals surface area contributed by atoms with Crippen molar-refractivity contribution in [2.75, 3.05) is 6.00 Å². The third kappa shape index (κ3) is 3.61. The molecule has 0 saturated carbocycles. The van der Waals surface area contributed by atoms with Crippen molar-refractivity contribution in [3.8, 4) is 22.6 Å². The highest BCUT2D eigenvalue weighted by Crippen LogP contribution is 2.63. The minimum atomic E-state index is -0.591. The molecular formula is C40H25ClN2OS. The normalized spacial score (nSPS) is 16.9. The van der Waals surface area contributed by atoms with Gasteiger partial charge in [0, 0.05) is 27.1 Å². The first-order chi connectivity index (χ1) is 22.2. The van der Waals surface area contributed by atoms with Crippen molar-refractivity contribution >= 4 is 52.3 Å². The van der Waals surface area contributed by atoms with E-state index >= 15 is 0 Å². The average Bonchev–Trinajstić information content (AvgIpc) is 3.58. The van der Waals surface area contributed by atoms with Crippen LogP contribution in [0.1, 0.15) is 33.4 Å². The molecule has 0 radical (unpaired) electrons. The fourth-order valence-corrected chi connectivity index (χ4v) is 8.82. The van der Waals surface area contributed by atoms with Crippen molar-refractivity contribution in [3.05, 3.63) is 166 Å². The summed E-state index contributed by atoms with van der Waals surface area (Å²) in [5.41, 5.74) is 10.2. The molecule has 2 aliphatic heterocycles. The summed E-state index contributed by atoms with van der Waals surface area (Å²) in [5, 5.41) is 2.39. The number of ether oxygens (including phenoxy) is 1. The summed E-state index contributed by atoms with van der Waals surface area (Å²) in [6, 6.07) is 45.3. The molecule has 0 bridgehead atoms. The van der Waals surface area contributed by atoms with Crippen molar-refractivity contribution in [2.45, 2.75) is 10.3 Å². The number of allylic oxidation sites excluding steroid dienone is 1. The Morgan fingerprint density at radius 1 is 0.689 bits per heavy atom. The Labute approximate surface area is 270 Å². The zero-order chi connectivity index (χ0) is 30.1. The third-order valence-electron chi connectivity index (χ3n) is 9.25. The fourth-order valence-electron chi connectivity index (χ4n) is 7.52. The number of halogens is 1. The summed E-state index contributed by atoms with van der Waals surface area (Å²) >= 11 is 7.92. The molecule has 3 aliphatic rings. The summed E-state index contributed by atoms with van der Waals surface area (Å²) < 4.78 is 6.57. The van der Waals surface area contributed by atoms with Crippen LogP contribution < -0.4 is 4.74 Å². The van der Waals surface area contributed by atoms with Gasteiger partial charge in [-0.05, 0) is 70.1 Å². The Balaban J connectivity index is 1.43. The minimum absolute atomic E-state index is 0.163. The molecule has 6 aromatic rings. The van der Waals surface area contributed by atoms with Crippen LogP contribution in [-0.2, 0) is 5.41 Å². The quantitative estimate of drug-likeness (QED) is 0.112. The van der Waals surface area contributed by atoms with Gasteiger partial charge in [-0.2, -0.15) is 0 Å². The molecule has 45 heavy (non-hydrogen) atoms. The monoisotopic (exact) mass is 616 g/mol. The van der Waals surface area contributed by atoms with Crippen LogP contribution in [0.4, 0.5) is 0 Å². The van der Waals surface area contributed by atoms with Gasteiger partial charge in [-0.3, -0.25) is 9.98 Å². The lowest BCUT2D eigenvalue weighted by molar-refractivity contribution is 0.436. The first-order valence-electron chi connectivity index (χ1n) is 14.9. The number of hydrogen-bond acceptors (Lipinski definition) is 4. The van der Waals surface area contributed by atoms with Gasteiger partial charge in [0.1, 0.15) is 17.5 Å². The first-order valence-corrected chi connectivity index (χ1v) is 16.2. The molecule has 9 rings (SSSR count). The predicted octanol–water partition coefficient (Wildman–Crippen LogP) is 10.5. The van der Waals surface area contributed by atoms with Gasteiger partial charge < -0.3 is 4.74 Å². The zero-order valence-electron chi connectivity index (χ0n) is 24.1. The second kappa shape index (κ2) is 10.1. The van der Waals surface area contributed by atoms with Gasteiger partial charge in [-0.1, -0.05) is 109 Å². The maximum Gasteiger partial charge on any atom is 0.132 e. The summed E-state index contributed by atoms with van der Waals surface area (Å²) in [4.78, 5) is 11.6. The highest BCUT2D eigenvalue weighted by molar-refractivity contribution is 8.05. The number of benzene rings is 6. The van der Waals surface area contributed by atoms with Gasteiger partial charge in [-0.25, -0.2) is 0 Å². The lowest BCUT2D eigenvalue weighted by Gasteiger charge is -2.39.